The van der Waals surface area contributed by atoms with Gasteiger partial charge in [0, 0.05) is 12.5 Å². The fourth-order valence-electron chi connectivity index (χ4n) is 2.18. The van der Waals surface area contributed by atoms with Gasteiger partial charge < -0.3 is 5.11 Å². The number of ketones is 1. The fraction of sp³-hybridized carbons (Fsp3) is 0.136. The van der Waals surface area contributed by atoms with Gasteiger partial charge >= 0.3 is 0 Å². The number of halogens is 1. The van der Waals surface area contributed by atoms with Gasteiger partial charge in [0.25, 0.3) is 0 Å². The van der Waals surface area contributed by atoms with Crippen LogP contribution in [-0.2, 0) is 11.2 Å². The van der Waals surface area contributed by atoms with Crippen molar-refractivity contribution in [3.63, 3.8) is 0 Å². The molecule has 0 radical (unpaired) electrons. The first kappa shape index (κ1) is 18.4. The smallest absolute Gasteiger partial charge is 0.182 e. The molecule has 2 rings (SSSR count). The maximum absolute atomic E-state index is 12.3. The standard InChI is InChI=1S/C22H21FO2/c1-17-2-4-18(5-3-17)10-12-21(24)16-22(25)13-11-19-6-8-20(9-7-19)14-15-23/h2-13,16,25H,14-15H2,1H3/b12-10+,13-11+,22-16-. The Morgan fingerprint density at radius 1 is 0.960 bits per heavy atom. The van der Waals surface area contributed by atoms with E-state index in [9.17, 15) is 14.3 Å². The molecule has 0 aliphatic heterocycles. The number of aliphatic hydroxyl groups is 1. The molecule has 0 bridgehead atoms. The van der Waals surface area contributed by atoms with Crippen LogP contribution in [0.3, 0.4) is 0 Å². The normalized spacial score (nSPS) is 12.2. The Morgan fingerprint density at radius 3 is 2.12 bits per heavy atom. The highest BCUT2D eigenvalue weighted by Gasteiger charge is 1.96. The number of rotatable bonds is 7. The van der Waals surface area contributed by atoms with Gasteiger partial charge in [0.2, 0.25) is 0 Å². The van der Waals surface area contributed by atoms with Crippen LogP contribution in [0.25, 0.3) is 12.2 Å². The highest BCUT2D eigenvalue weighted by atomic mass is 19.1. The van der Waals surface area contributed by atoms with E-state index >= 15 is 0 Å². The van der Waals surface area contributed by atoms with Gasteiger partial charge in [-0.05, 0) is 35.8 Å². The Hall–Kier alpha value is -2.94. The van der Waals surface area contributed by atoms with Gasteiger partial charge in [0.15, 0.2) is 5.78 Å². The van der Waals surface area contributed by atoms with Crippen LogP contribution in [0.4, 0.5) is 4.39 Å². The number of carbonyl (C=O) groups is 1. The number of carbonyl (C=O) groups excluding carboxylic acids is 1. The molecule has 0 aliphatic carbocycles. The van der Waals surface area contributed by atoms with E-state index in [0.29, 0.717) is 6.42 Å². The third-order valence-corrected chi connectivity index (χ3v) is 3.62. The summed E-state index contributed by atoms with van der Waals surface area (Å²) in [7, 11) is 0. The Kier molecular flexibility index (Phi) is 6.90. The lowest BCUT2D eigenvalue weighted by Crippen LogP contribution is -1.89. The zero-order valence-corrected chi connectivity index (χ0v) is 14.2. The summed E-state index contributed by atoms with van der Waals surface area (Å²) in [5.41, 5.74) is 3.88. The average Bonchev–Trinajstić information content (AvgIpc) is 2.61. The van der Waals surface area contributed by atoms with Crippen LogP contribution in [0, 0.1) is 6.92 Å². The molecule has 0 unspecified atom stereocenters. The molecule has 0 atom stereocenters. The molecular formula is C22H21FO2. The summed E-state index contributed by atoms with van der Waals surface area (Å²) in [5.74, 6) is -0.410. The molecule has 0 saturated heterocycles. The van der Waals surface area contributed by atoms with Crippen LogP contribution >= 0.6 is 0 Å². The summed E-state index contributed by atoms with van der Waals surface area (Å²) in [5, 5.41) is 9.82. The number of hydrogen-bond acceptors (Lipinski definition) is 2. The molecule has 0 aliphatic rings. The number of benzene rings is 2. The van der Waals surface area contributed by atoms with Gasteiger partial charge in [-0.1, -0.05) is 66.2 Å². The molecular weight excluding hydrogens is 315 g/mol. The molecule has 3 heteroatoms. The molecule has 0 spiro atoms. The SMILES string of the molecule is Cc1ccc(/C=C/C(=O)/C=C(O)/C=C/c2ccc(CCF)cc2)cc1. The fourth-order valence-corrected chi connectivity index (χ4v) is 2.18. The molecule has 0 fully saturated rings. The summed E-state index contributed by atoms with van der Waals surface area (Å²) >= 11 is 0. The molecule has 2 aromatic rings. The van der Waals surface area contributed by atoms with E-state index in [2.05, 4.69) is 0 Å². The van der Waals surface area contributed by atoms with Crippen LogP contribution in [0.15, 0.2) is 72.5 Å². The second kappa shape index (κ2) is 9.38. The molecule has 1 N–H and O–H groups in total. The lowest BCUT2D eigenvalue weighted by atomic mass is 10.1. The van der Waals surface area contributed by atoms with E-state index in [-0.39, 0.29) is 18.2 Å². The molecule has 0 aromatic heterocycles. The number of aliphatic hydroxyl groups excluding tert-OH is 1. The number of allylic oxidation sites excluding steroid dienone is 3. The summed E-state index contributed by atoms with van der Waals surface area (Å²) in [6.45, 7) is 1.62. The predicted octanol–water partition coefficient (Wildman–Crippen LogP) is 5.24. The van der Waals surface area contributed by atoms with Crippen molar-refractivity contribution in [1.29, 1.82) is 0 Å². The predicted molar refractivity (Wildman–Crippen MR) is 101 cm³/mol. The topological polar surface area (TPSA) is 37.3 Å². The number of alkyl halides is 1. The quantitative estimate of drug-likeness (QED) is 0.426. The second-order valence-corrected chi connectivity index (χ2v) is 5.73. The third-order valence-electron chi connectivity index (χ3n) is 3.62. The zero-order valence-electron chi connectivity index (χ0n) is 14.2. The summed E-state index contributed by atoms with van der Waals surface area (Å²) in [4.78, 5) is 11.8. The molecule has 128 valence electrons. The summed E-state index contributed by atoms with van der Waals surface area (Å²) < 4.78 is 12.3. The van der Waals surface area contributed by atoms with Gasteiger partial charge in [0.1, 0.15) is 5.76 Å². The van der Waals surface area contributed by atoms with Gasteiger partial charge in [-0.15, -0.1) is 0 Å². The van der Waals surface area contributed by atoms with E-state index < -0.39 is 0 Å². The lowest BCUT2D eigenvalue weighted by molar-refractivity contribution is -0.110. The van der Waals surface area contributed by atoms with E-state index in [1.54, 1.807) is 12.2 Å². The number of hydrogen-bond donors (Lipinski definition) is 1. The van der Waals surface area contributed by atoms with Crippen molar-refractivity contribution in [2.24, 2.45) is 0 Å². The van der Waals surface area contributed by atoms with Crippen molar-refractivity contribution in [3.8, 4) is 0 Å². The van der Waals surface area contributed by atoms with E-state index in [0.717, 1.165) is 22.3 Å². The second-order valence-electron chi connectivity index (χ2n) is 5.73. The van der Waals surface area contributed by atoms with E-state index in [1.807, 2.05) is 55.5 Å². The highest BCUT2D eigenvalue weighted by molar-refractivity contribution is 6.02. The van der Waals surface area contributed by atoms with Gasteiger partial charge in [-0.2, -0.15) is 0 Å². The maximum atomic E-state index is 12.3. The molecule has 0 heterocycles. The van der Waals surface area contributed by atoms with Crippen LogP contribution < -0.4 is 0 Å². The first-order valence-electron chi connectivity index (χ1n) is 8.09. The van der Waals surface area contributed by atoms with Crippen molar-refractivity contribution in [2.45, 2.75) is 13.3 Å². The minimum atomic E-state index is -0.378. The Labute approximate surface area is 147 Å². The van der Waals surface area contributed by atoms with Gasteiger partial charge in [-0.3, -0.25) is 9.18 Å². The molecule has 0 saturated carbocycles. The first-order valence-corrected chi connectivity index (χ1v) is 8.09. The minimum absolute atomic E-state index is 0.119. The summed E-state index contributed by atoms with van der Waals surface area (Å²) in [6, 6.07) is 15.2. The van der Waals surface area contributed by atoms with Crippen molar-refractivity contribution < 1.29 is 14.3 Å². The maximum Gasteiger partial charge on any atom is 0.182 e. The van der Waals surface area contributed by atoms with E-state index in [4.69, 9.17) is 0 Å². The zero-order chi connectivity index (χ0) is 18.1. The molecule has 2 aromatic carbocycles. The highest BCUT2D eigenvalue weighted by Crippen LogP contribution is 2.09. The minimum Gasteiger partial charge on any atom is -0.508 e. The van der Waals surface area contributed by atoms with Crippen LogP contribution in [0.5, 0.6) is 0 Å². The Balaban J connectivity index is 1.95. The first-order chi connectivity index (χ1) is 12.1. The van der Waals surface area contributed by atoms with E-state index in [1.165, 1.54) is 18.2 Å². The molecule has 25 heavy (non-hydrogen) atoms. The molecule has 2 nitrogen and oxygen atoms in total. The van der Waals surface area contributed by atoms with Gasteiger partial charge in [-0.25, -0.2) is 0 Å². The largest absolute Gasteiger partial charge is 0.508 e. The van der Waals surface area contributed by atoms with Gasteiger partial charge in [0.05, 0.1) is 6.67 Å². The van der Waals surface area contributed by atoms with Crippen molar-refractivity contribution >= 4 is 17.9 Å². The van der Waals surface area contributed by atoms with Crippen LogP contribution in [0.1, 0.15) is 22.3 Å². The Morgan fingerprint density at radius 2 is 1.52 bits per heavy atom. The van der Waals surface area contributed by atoms with Crippen LogP contribution in [-0.4, -0.2) is 17.6 Å². The molecule has 0 amide bonds. The van der Waals surface area contributed by atoms with Crippen molar-refractivity contribution in [1.82, 2.24) is 0 Å². The monoisotopic (exact) mass is 336 g/mol. The Bertz CT molecular complexity index is 782. The summed E-state index contributed by atoms with van der Waals surface area (Å²) in [6.07, 6.45) is 7.85. The van der Waals surface area contributed by atoms with Crippen LogP contribution in [0.2, 0.25) is 0 Å². The number of aryl methyl sites for hydroxylation is 2. The van der Waals surface area contributed by atoms with Crippen molar-refractivity contribution in [2.75, 3.05) is 6.67 Å². The lowest BCUT2D eigenvalue weighted by Gasteiger charge is -1.98. The average molecular weight is 336 g/mol. The third kappa shape index (κ3) is 6.60. The van der Waals surface area contributed by atoms with Crippen molar-refractivity contribution in [3.05, 3.63) is 94.8 Å².